The summed E-state index contributed by atoms with van der Waals surface area (Å²) in [6.45, 7) is 1.70. The quantitative estimate of drug-likeness (QED) is 0.486. The van der Waals surface area contributed by atoms with Crippen molar-refractivity contribution < 1.29 is 14.6 Å². The highest BCUT2D eigenvalue weighted by molar-refractivity contribution is 8.18. The molecule has 9 nitrogen and oxygen atoms in total. The summed E-state index contributed by atoms with van der Waals surface area (Å²) < 4.78 is 0. The van der Waals surface area contributed by atoms with Crippen molar-refractivity contribution in [1.29, 1.82) is 0 Å². The number of carbonyl (C=O) groups is 1. The molecule has 136 valence electrons. The molecular formula is C17H12N4O5S. The van der Waals surface area contributed by atoms with Gasteiger partial charge in [-0.15, -0.1) is 0 Å². The molecule has 27 heavy (non-hydrogen) atoms. The minimum Gasteiger partial charge on any atom is -0.300 e. The predicted octanol–water partition coefficient (Wildman–Crippen LogP) is 3.70. The van der Waals surface area contributed by atoms with Crippen molar-refractivity contribution in [1.82, 2.24) is 5.32 Å². The van der Waals surface area contributed by atoms with E-state index in [2.05, 4.69) is 10.3 Å². The Hall–Kier alpha value is -3.53. The number of nitro benzene ring substituents is 2. The van der Waals surface area contributed by atoms with Gasteiger partial charge in [-0.2, -0.15) is 0 Å². The topological polar surface area (TPSA) is 128 Å². The molecule has 1 N–H and O–H groups in total. The molecule has 3 rings (SSSR count). The van der Waals surface area contributed by atoms with E-state index in [0.717, 1.165) is 11.8 Å². The van der Waals surface area contributed by atoms with Gasteiger partial charge in [0.15, 0.2) is 5.17 Å². The van der Waals surface area contributed by atoms with Crippen molar-refractivity contribution in [2.45, 2.75) is 6.92 Å². The van der Waals surface area contributed by atoms with Gasteiger partial charge in [0.05, 0.1) is 20.4 Å². The lowest BCUT2D eigenvalue weighted by atomic mass is 10.2. The zero-order chi connectivity index (χ0) is 19.6. The van der Waals surface area contributed by atoms with E-state index in [1.54, 1.807) is 25.1 Å². The minimum atomic E-state index is -0.495. The Morgan fingerprint density at radius 1 is 1.04 bits per heavy atom. The number of amides is 1. The van der Waals surface area contributed by atoms with Gasteiger partial charge < -0.3 is 5.32 Å². The molecule has 1 aliphatic rings. The molecule has 1 heterocycles. The molecule has 1 amide bonds. The van der Waals surface area contributed by atoms with Crippen LogP contribution in [0.2, 0.25) is 0 Å². The van der Waals surface area contributed by atoms with Gasteiger partial charge in [-0.05, 0) is 54.1 Å². The monoisotopic (exact) mass is 384 g/mol. The number of nitrogens with zero attached hydrogens (tertiary/aromatic N) is 3. The first kappa shape index (κ1) is 18.3. The lowest BCUT2D eigenvalue weighted by Gasteiger charge is -2.01. The van der Waals surface area contributed by atoms with E-state index >= 15 is 0 Å². The van der Waals surface area contributed by atoms with Gasteiger partial charge in [-0.1, -0.05) is 0 Å². The number of nitrogens with one attached hydrogen (secondary N) is 1. The highest BCUT2D eigenvalue weighted by atomic mass is 32.2. The maximum Gasteiger partial charge on any atom is 0.269 e. The molecule has 0 unspecified atom stereocenters. The summed E-state index contributed by atoms with van der Waals surface area (Å²) in [6, 6.07) is 10.1. The highest BCUT2D eigenvalue weighted by Gasteiger charge is 2.24. The number of amidine groups is 1. The Labute approximate surface area is 157 Å². The summed E-state index contributed by atoms with van der Waals surface area (Å²) in [5, 5.41) is 24.5. The van der Waals surface area contributed by atoms with Crippen LogP contribution in [0.25, 0.3) is 6.08 Å². The molecule has 1 aliphatic heterocycles. The molecule has 1 fully saturated rings. The molecule has 2 aromatic carbocycles. The Morgan fingerprint density at radius 2 is 1.67 bits per heavy atom. The smallest absolute Gasteiger partial charge is 0.269 e. The Balaban J connectivity index is 1.81. The first-order valence-electron chi connectivity index (χ1n) is 7.62. The molecule has 0 bridgehead atoms. The van der Waals surface area contributed by atoms with Gasteiger partial charge in [0.1, 0.15) is 0 Å². The summed E-state index contributed by atoms with van der Waals surface area (Å²) >= 11 is 1.12. The van der Waals surface area contributed by atoms with E-state index in [1.165, 1.54) is 30.3 Å². The zero-order valence-corrected chi connectivity index (χ0v) is 14.7. The van der Waals surface area contributed by atoms with Crippen LogP contribution >= 0.6 is 11.8 Å². The largest absolute Gasteiger partial charge is 0.300 e. The second kappa shape index (κ2) is 7.38. The lowest BCUT2D eigenvalue weighted by molar-refractivity contribution is -0.385. The molecule has 10 heteroatoms. The van der Waals surface area contributed by atoms with E-state index in [9.17, 15) is 25.0 Å². The number of aryl methyl sites for hydroxylation is 1. The van der Waals surface area contributed by atoms with E-state index in [0.29, 0.717) is 26.9 Å². The fraction of sp³-hybridized carbons (Fsp3) is 0.0588. The molecule has 0 spiro atoms. The normalized spacial score (nSPS) is 16.6. The van der Waals surface area contributed by atoms with Crippen molar-refractivity contribution in [2.75, 3.05) is 0 Å². The average molecular weight is 384 g/mol. The number of aliphatic imine (C=N–C) groups is 1. The molecule has 1 saturated heterocycles. The van der Waals surface area contributed by atoms with Crippen LogP contribution in [0, 0.1) is 27.2 Å². The van der Waals surface area contributed by atoms with Crippen molar-refractivity contribution in [3.05, 3.63) is 78.7 Å². The molecule has 0 aliphatic carbocycles. The van der Waals surface area contributed by atoms with Crippen LogP contribution in [0.4, 0.5) is 17.1 Å². The number of rotatable bonds is 4. The number of thioether (sulfide) groups is 1. The van der Waals surface area contributed by atoms with E-state index in [1.807, 2.05) is 0 Å². The fourth-order valence-corrected chi connectivity index (χ4v) is 3.15. The van der Waals surface area contributed by atoms with Crippen LogP contribution in [-0.4, -0.2) is 20.9 Å². The third kappa shape index (κ3) is 4.18. The number of benzene rings is 2. The van der Waals surface area contributed by atoms with Crippen LogP contribution in [0.1, 0.15) is 11.1 Å². The van der Waals surface area contributed by atoms with Crippen molar-refractivity contribution in [3.8, 4) is 0 Å². The van der Waals surface area contributed by atoms with E-state index < -0.39 is 9.85 Å². The second-order valence-corrected chi connectivity index (χ2v) is 6.59. The SMILES string of the molecule is Cc1cc([N+](=O)[O-])ccc1N=C1NC(=O)/C(=C/c2ccc([N+](=O)[O-])cc2)S1. The molecule has 0 saturated carbocycles. The van der Waals surface area contributed by atoms with E-state index in [4.69, 9.17) is 0 Å². The van der Waals surface area contributed by atoms with Crippen molar-refractivity contribution in [3.63, 3.8) is 0 Å². The van der Waals surface area contributed by atoms with Crippen LogP contribution in [-0.2, 0) is 4.79 Å². The Morgan fingerprint density at radius 3 is 2.26 bits per heavy atom. The molecular weight excluding hydrogens is 372 g/mol. The summed E-state index contributed by atoms with van der Waals surface area (Å²) in [5.74, 6) is -0.336. The Kier molecular flexibility index (Phi) is 4.99. The minimum absolute atomic E-state index is 0.0293. The third-order valence-corrected chi connectivity index (χ3v) is 4.58. The molecule has 0 aromatic heterocycles. The first-order chi connectivity index (χ1) is 12.8. The Bertz CT molecular complexity index is 1010. The van der Waals surface area contributed by atoms with Crippen molar-refractivity contribution >= 4 is 46.0 Å². The van der Waals surface area contributed by atoms with Gasteiger partial charge in [0, 0.05) is 24.3 Å². The summed E-state index contributed by atoms with van der Waals surface area (Å²) in [6.07, 6.45) is 1.61. The van der Waals surface area contributed by atoms with Crippen LogP contribution < -0.4 is 5.32 Å². The van der Waals surface area contributed by atoms with Crippen molar-refractivity contribution in [2.24, 2.45) is 4.99 Å². The number of non-ortho nitro benzene ring substituents is 2. The molecule has 0 atom stereocenters. The van der Waals surface area contributed by atoms with Gasteiger partial charge in [-0.3, -0.25) is 25.0 Å². The summed E-state index contributed by atoms with van der Waals surface area (Å²) in [4.78, 5) is 37.3. The maximum atomic E-state index is 12.1. The molecule has 2 aromatic rings. The van der Waals surface area contributed by atoms with E-state index in [-0.39, 0.29) is 17.3 Å². The third-order valence-electron chi connectivity index (χ3n) is 3.67. The predicted molar refractivity (Wildman–Crippen MR) is 102 cm³/mol. The van der Waals surface area contributed by atoms with Gasteiger partial charge in [-0.25, -0.2) is 4.99 Å². The summed E-state index contributed by atoms with van der Waals surface area (Å²) in [7, 11) is 0. The zero-order valence-electron chi connectivity index (χ0n) is 13.9. The van der Waals surface area contributed by atoms with Gasteiger partial charge in [0.25, 0.3) is 17.3 Å². The maximum absolute atomic E-state index is 12.1. The first-order valence-corrected chi connectivity index (χ1v) is 8.44. The van der Waals surface area contributed by atoms with Crippen LogP contribution in [0.15, 0.2) is 52.4 Å². The lowest BCUT2D eigenvalue weighted by Crippen LogP contribution is -2.19. The molecule has 0 radical (unpaired) electrons. The standard InChI is InChI=1S/C17H12N4O5S/c1-10-8-13(21(25)26)6-7-14(10)18-17-19-16(22)15(27-17)9-11-2-4-12(5-3-11)20(23)24/h2-9H,1H3,(H,18,19,22)/b15-9-. The number of hydrogen-bond acceptors (Lipinski definition) is 7. The van der Waals surface area contributed by atoms with Crippen LogP contribution in [0.3, 0.4) is 0 Å². The number of carbonyl (C=O) groups excluding carboxylic acids is 1. The number of nitro groups is 2. The van der Waals surface area contributed by atoms with Crippen LogP contribution in [0.5, 0.6) is 0 Å². The second-order valence-electron chi connectivity index (χ2n) is 5.56. The fourth-order valence-electron chi connectivity index (χ4n) is 2.31. The van der Waals surface area contributed by atoms with Gasteiger partial charge in [0.2, 0.25) is 0 Å². The average Bonchev–Trinajstić information content (AvgIpc) is 2.96. The summed E-state index contributed by atoms with van der Waals surface area (Å²) in [5.41, 5.74) is 1.71. The number of hydrogen-bond donors (Lipinski definition) is 1. The highest BCUT2D eigenvalue weighted by Crippen LogP contribution is 2.30. The van der Waals surface area contributed by atoms with Gasteiger partial charge >= 0.3 is 0 Å².